The van der Waals surface area contributed by atoms with Gasteiger partial charge in [-0.2, -0.15) is 0 Å². The topological polar surface area (TPSA) is 23.2 Å². The quantitative estimate of drug-likeness (QED) is 0.287. The van der Waals surface area contributed by atoms with Gasteiger partial charge in [-0.15, -0.1) is 0 Å². The predicted molar refractivity (Wildman–Crippen MR) is 133 cm³/mol. The lowest BCUT2D eigenvalue weighted by atomic mass is 10.3. The second-order valence-electron chi connectivity index (χ2n) is 7.58. The summed E-state index contributed by atoms with van der Waals surface area (Å²) >= 11 is 2.35. The van der Waals surface area contributed by atoms with E-state index in [1.165, 1.54) is 80.5 Å². The molecular formula is C24H38I2N4. The molecular weight excluding hydrogens is 598 g/mol. The minimum Gasteiger partial charge on any atom is -1.00 e. The van der Waals surface area contributed by atoms with Gasteiger partial charge in [0.25, 0.3) is 0 Å². The Labute approximate surface area is 214 Å². The molecule has 0 spiro atoms. The number of nitrogens with zero attached hydrogens (tertiary/aromatic N) is 4. The van der Waals surface area contributed by atoms with E-state index in [1.54, 1.807) is 0 Å². The molecule has 0 saturated carbocycles. The second kappa shape index (κ2) is 17.0. The van der Waals surface area contributed by atoms with Crippen LogP contribution >= 0.6 is 22.6 Å². The van der Waals surface area contributed by atoms with Gasteiger partial charge in [-0.25, -0.2) is 4.57 Å². The highest BCUT2D eigenvalue weighted by Crippen LogP contribution is 2.18. The first kappa shape index (κ1) is 27.4. The van der Waals surface area contributed by atoms with Crippen LogP contribution in [-0.4, -0.2) is 35.6 Å². The summed E-state index contributed by atoms with van der Waals surface area (Å²) in [4.78, 5) is 8.86. The van der Waals surface area contributed by atoms with Gasteiger partial charge in [0, 0.05) is 68.5 Å². The molecule has 2 aromatic heterocycles. The molecule has 0 aromatic carbocycles. The van der Waals surface area contributed by atoms with Crippen LogP contribution < -0.4 is 38.3 Å². The van der Waals surface area contributed by atoms with Crippen LogP contribution in [0.15, 0.2) is 49.1 Å². The summed E-state index contributed by atoms with van der Waals surface area (Å²) in [5.41, 5.74) is 2.70. The minimum absolute atomic E-state index is 0. The van der Waals surface area contributed by atoms with Crippen LogP contribution in [0.5, 0.6) is 0 Å². The van der Waals surface area contributed by atoms with E-state index < -0.39 is 0 Å². The fourth-order valence-electron chi connectivity index (χ4n) is 3.57. The number of aryl methyl sites for hydroxylation is 1. The molecule has 0 atom stereocenters. The van der Waals surface area contributed by atoms with Crippen LogP contribution in [0.3, 0.4) is 0 Å². The van der Waals surface area contributed by atoms with E-state index in [2.05, 4.69) is 92.4 Å². The standard InChI is InChI=1S/C12H19N2.C9H12N2.C3H7I.HI/c1-2-7-13-10-5-12(6-11-13)14-8-3-4-9-14;1-2-8-11(7-1)9-3-5-10-6-4-9;1-2-3-4;/h5-6,10-11H,2-4,7-9H2,1H3;3-6H,1-2,7-8H2;2-3H2,1H3;1H/q+1;;;/p-1. The predicted octanol–water partition coefficient (Wildman–Crippen LogP) is 2.50. The monoisotopic (exact) mass is 636 g/mol. The van der Waals surface area contributed by atoms with E-state index in [-0.39, 0.29) is 24.0 Å². The summed E-state index contributed by atoms with van der Waals surface area (Å²) < 4.78 is 3.54. The van der Waals surface area contributed by atoms with Gasteiger partial charge in [0.15, 0.2) is 12.4 Å². The summed E-state index contributed by atoms with van der Waals surface area (Å²) in [5.74, 6) is 0. The van der Waals surface area contributed by atoms with Crippen molar-refractivity contribution in [2.45, 2.75) is 58.9 Å². The van der Waals surface area contributed by atoms with E-state index in [1.807, 2.05) is 12.4 Å². The second-order valence-corrected chi connectivity index (χ2v) is 8.66. The Hall–Kier alpha value is -0.640. The van der Waals surface area contributed by atoms with Gasteiger partial charge in [-0.05, 0) is 48.7 Å². The van der Waals surface area contributed by atoms with Crippen molar-refractivity contribution < 1.29 is 28.5 Å². The highest BCUT2D eigenvalue weighted by molar-refractivity contribution is 14.1. The first-order valence-electron chi connectivity index (χ1n) is 11.2. The highest BCUT2D eigenvalue weighted by atomic mass is 127. The maximum absolute atomic E-state index is 3.99. The number of anilines is 2. The van der Waals surface area contributed by atoms with Crippen LogP contribution in [0.1, 0.15) is 52.4 Å². The molecule has 4 heterocycles. The lowest BCUT2D eigenvalue weighted by Crippen LogP contribution is -3.00. The van der Waals surface area contributed by atoms with Crippen molar-refractivity contribution in [2.75, 3.05) is 40.4 Å². The Balaban J connectivity index is 0.000000253. The van der Waals surface area contributed by atoms with Crippen molar-refractivity contribution in [1.82, 2.24) is 4.98 Å². The lowest BCUT2D eigenvalue weighted by molar-refractivity contribution is -0.696. The van der Waals surface area contributed by atoms with Crippen LogP contribution in [0.25, 0.3) is 0 Å². The fourth-order valence-corrected chi connectivity index (χ4v) is 3.57. The third kappa shape index (κ3) is 10.1. The Morgan fingerprint density at radius 2 is 1.23 bits per heavy atom. The number of pyridine rings is 2. The summed E-state index contributed by atoms with van der Waals surface area (Å²) in [7, 11) is 0. The molecule has 0 bridgehead atoms. The maximum atomic E-state index is 3.99. The van der Waals surface area contributed by atoms with Gasteiger partial charge < -0.3 is 33.8 Å². The first-order valence-corrected chi connectivity index (χ1v) is 12.8. The molecule has 0 unspecified atom stereocenters. The first-order chi connectivity index (χ1) is 14.3. The fraction of sp³-hybridized carbons (Fsp3) is 0.583. The van der Waals surface area contributed by atoms with E-state index in [0.717, 1.165) is 6.54 Å². The number of alkyl halides is 1. The SMILES string of the molecule is CCCI.CCC[n+]1ccc(N2CCCC2)cc1.[I-].c1cc(N2CCCC2)ccn1. The molecule has 2 aliphatic rings. The Morgan fingerprint density at radius 1 is 0.800 bits per heavy atom. The molecule has 168 valence electrons. The molecule has 2 saturated heterocycles. The number of aromatic nitrogens is 2. The van der Waals surface area contributed by atoms with Crippen LogP contribution in [0.4, 0.5) is 11.4 Å². The molecule has 2 aliphatic heterocycles. The Bertz CT molecular complexity index is 638. The molecule has 0 N–H and O–H groups in total. The van der Waals surface area contributed by atoms with Gasteiger partial charge in [-0.1, -0.05) is 36.4 Å². The molecule has 0 amide bonds. The van der Waals surface area contributed by atoms with Crippen molar-refractivity contribution in [3.8, 4) is 0 Å². The van der Waals surface area contributed by atoms with Gasteiger partial charge in [0.05, 0.1) is 0 Å². The van der Waals surface area contributed by atoms with Crippen LogP contribution in [0.2, 0.25) is 0 Å². The van der Waals surface area contributed by atoms with Crippen LogP contribution in [0, 0.1) is 0 Å². The zero-order chi connectivity index (χ0) is 20.7. The number of hydrogen-bond acceptors (Lipinski definition) is 3. The normalized spacial score (nSPS) is 14.9. The molecule has 4 rings (SSSR count). The molecule has 6 heteroatoms. The zero-order valence-electron chi connectivity index (χ0n) is 18.6. The number of halogens is 2. The largest absolute Gasteiger partial charge is 1.00 e. The molecule has 4 nitrogen and oxygen atoms in total. The van der Waals surface area contributed by atoms with Crippen molar-refractivity contribution in [2.24, 2.45) is 0 Å². The highest BCUT2D eigenvalue weighted by Gasteiger charge is 2.13. The Kier molecular flexibility index (Phi) is 15.5. The van der Waals surface area contributed by atoms with Crippen molar-refractivity contribution in [3.05, 3.63) is 49.1 Å². The summed E-state index contributed by atoms with van der Waals surface area (Å²) in [6.07, 6.45) is 16.0. The lowest BCUT2D eigenvalue weighted by Gasteiger charge is -2.16. The zero-order valence-corrected chi connectivity index (χ0v) is 23.0. The molecule has 2 aromatic rings. The van der Waals surface area contributed by atoms with E-state index >= 15 is 0 Å². The van der Waals surface area contributed by atoms with Crippen molar-refractivity contribution in [3.63, 3.8) is 0 Å². The van der Waals surface area contributed by atoms with E-state index in [4.69, 9.17) is 0 Å². The molecule has 0 aliphatic carbocycles. The summed E-state index contributed by atoms with van der Waals surface area (Å²) in [6, 6.07) is 8.62. The van der Waals surface area contributed by atoms with E-state index in [0.29, 0.717) is 0 Å². The Morgan fingerprint density at radius 3 is 1.63 bits per heavy atom. The summed E-state index contributed by atoms with van der Waals surface area (Å²) in [6.45, 7) is 10.4. The smallest absolute Gasteiger partial charge is 0.170 e. The average molecular weight is 636 g/mol. The maximum Gasteiger partial charge on any atom is 0.170 e. The number of rotatable bonds is 5. The third-order valence-electron chi connectivity index (χ3n) is 5.15. The van der Waals surface area contributed by atoms with E-state index in [9.17, 15) is 0 Å². The van der Waals surface area contributed by atoms with Gasteiger partial charge in [0.2, 0.25) is 0 Å². The molecule has 2 fully saturated rings. The van der Waals surface area contributed by atoms with Crippen molar-refractivity contribution in [1.29, 1.82) is 0 Å². The number of hydrogen-bond donors (Lipinski definition) is 0. The van der Waals surface area contributed by atoms with Gasteiger partial charge in [-0.3, -0.25) is 4.98 Å². The summed E-state index contributed by atoms with van der Waals surface area (Å²) in [5, 5.41) is 0. The molecule has 30 heavy (non-hydrogen) atoms. The van der Waals surface area contributed by atoms with Gasteiger partial charge >= 0.3 is 0 Å². The average Bonchev–Trinajstić information content (AvgIpc) is 3.50. The minimum atomic E-state index is 0. The van der Waals surface area contributed by atoms with Gasteiger partial charge in [0.1, 0.15) is 6.54 Å². The molecule has 0 radical (unpaired) electrons. The third-order valence-corrected chi connectivity index (χ3v) is 6.23. The van der Waals surface area contributed by atoms with Crippen molar-refractivity contribution >= 4 is 34.0 Å². The van der Waals surface area contributed by atoms with Crippen LogP contribution in [-0.2, 0) is 6.54 Å².